The van der Waals surface area contributed by atoms with Gasteiger partial charge in [0.05, 0.1) is 23.3 Å². The molecule has 0 amide bonds. The van der Waals surface area contributed by atoms with Gasteiger partial charge in [0.2, 0.25) is 0 Å². The van der Waals surface area contributed by atoms with Crippen molar-refractivity contribution < 1.29 is 32.1 Å². The Morgan fingerprint density at radius 2 is 0.788 bits per heavy atom. The molecule has 52 heavy (non-hydrogen) atoms. The third-order valence-corrected chi connectivity index (χ3v) is 9.48. The molecule has 242 valence electrons. The van der Waals surface area contributed by atoms with Gasteiger partial charge >= 0.3 is 0 Å². The molecule has 0 saturated carbocycles. The molecule has 0 unspecified atom stereocenters. The summed E-state index contributed by atoms with van der Waals surface area (Å²) in [4.78, 5) is 0. The van der Waals surface area contributed by atoms with E-state index in [4.69, 9.17) is 23.9 Å². The Morgan fingerprint density at radius 3 is 1.44 bits per heavy atom. The summed E-state index contributed by atoms with van der Waals surface area (Å²) in [5.41, 5.74) is 2.21. The molecule has 0 bridgehead atoms. The van der Waals surface area contributed by atoms with E-state index >= 15 is 0 Å². The number of rotatable bonds is 4. The van der Waals surface area contributed by atoms with Crippen LogP contribution in [0.4, 0.5) is 0 Å². The molecule has 0 fully saturated rings. The lowest BCUT2D eigenvalue weighted by molar-refractivity contribution is 0.663. The van der Waals surface area contributed by atoms with Crippen LogP contribution in [0.2, 0.25) is 0 Å². The molecule has 0 aliphatic rings. The van der Waals surface area contributed by atoms with E-state index in [2.05, 4.69) is 0 Å². The van der Waals surface area contributed by atoms with E-state index in [-0.39, 0.29) is 32.7 Å². The highest BCUT2D eigenvalue weighted by Gasteiger charge is 2.18. The van der Waals surface area contributed by atoms with Crippen molar-refractivity contribution in [2.45, 2.75) is 0 Å². The lowest BCUT2D eigenvalue weighted by atomic mass is 9.85. The molecule has 9 aromatic carbocycles. The fourth-order valence-corrected chi connectivity index (χ4v) is 7.19. The molecule has 2 aromatic heterocycles. The summed E-state index contributed by atoms with van der Waals surface area (Å²) in [6.45, 7) is 0. The van der Waals surface area contributed by atoms with Crippen LogP contribution in [0.5, 0.6) is 0 Å². The normalized spacial score (nSPS) is 16.4. The summed E-state index contributed by atoms with van der Waals surface area (Å²) >= 11 is 0. The van der Waals surface area contributed by atoms with Crippen molar-refractivity contribution in [1.29, 1.82) is 0 Å². The zero-order valence-electron chi connectivity index (χ0n) is 43.8. The van der Waals surface area contributed by atoms with Crippen LogP contribution in [0.3, 0.4) is 0 Å². The first-order valence-corrected chi connectivity index (χ1v) is 16.4. The molecule has 0 N–H and O–H groups in total. The molecule has 0 aliphatic heterocycles. The van der Waals surface area contributed by atoms with Crippen LogP contribution >= 0.6 is 0 Å². The maximum Gasteiger partial charge on any atom is 0.136 e. The second kappa shape index (κ2) is 11.3. The highest BCUT2D eigenvalue weighted by atomic mass is 16.3. The molecule has 11 aromatic rings. The first-order valence-electron chi connectivity index (χ1n) is 24.9. The first-order chi connectivity index (χ1) is 32.8. The summed E-state index contributed by atoms with van der Waals surface area (Å²) in [6, 6.07) is 11.3. The molecule has 0 atom stereocenters. The van der Waals surface area contributed by atoms with Gasteiger partial charge in [0.15, 0.2) is 0 Å². The summed E-state index contributed by atoms with van der Waals surface area (Å²) in [6.07, 6.45) is 0. The van der Waals surface area contributed by atoms with E-state index in [0.29, 0.717) is 16.7 Å². The minimum atomic E-state index is -0.865. The van der Waals surface area contributed by atoms with Gasteiger partial charge in [-0.1, -0.05) is 151 Å². The topological polar surface area (TPSA) is 26.3 Å². The fourth-order valence-electron chi connectivity index (χ4n) is 7.19. The van der Waals surface area contributed by atoms with Crippen LogP contribution in [-0.2, 0) is 0 Å². The molecule has 2 heterocycles. The summed E-state index contributed by atoms with van der Waals surface area (Å²) in [7, 11) is 0. The molecule has 0 aliphatic carbocycles. The number of furan rings is 2. The van der Waals surface area contributed by atoms with E-state index in [1.54, 1.807) is 24.3 Å². The van der Waals surface area contributed by atoms with Crippen molar-refractivity contribution in [3.05, 3.63) is 182 Å². The van der Waals surface area contributed by atoms with E-state index in [1.807, 2.05) is 54.6 Å². The fraction of sp³-hybridized carbons (Fsp3) is 0. The van der Waals surface area contributed by atoms with Crippen LogP contribution in [-0.4, -0.2) is 0 Å². The highest BCUT2D eigenvalue weighted by Crippen LogP contribution is 2.45. The number of hydrogen-bond donors (Lipinski definition) is 0. The van der Waals surface area contributed by atoms with Crippen molar-refractivity contribution in [2.24, 2.45) is 0 Å². The van der Waals surface area contributed by atoms with Crippen molar-refractivity contribution >= 4 is 65.4 Å². The van der Waals surface area contributed by atoms with Gasteiger partial charge in [0.25, 0.3) is 0 Å². The van der Waals surface area contributed by atoms with Crippen LogP contribution in [0, 0.1) is 0 Å². The maximum absolute atomic E-state index is 9.37. The maximum atomic E-state index is 9.37. The lowest BCUT2D eigenvalue weighted by Crippen LogP contribution is -1.91. The molecule has 0 radical (unpaired) electrons. The number of benzene rings is 9. The number of para-hydroxylation sites is 1. The van der Waals surface area contributed by atoms with Crippen LogP contribution in [0.15, 0.2) is 190 Å². The smallest absolute Gasteiger partial charge is 0.136 e. The Morgan fingerprint density at radius 1 is 0.308 bits per heavy atom. The summed E-state index contributed by atoms with van der Waals surface area (Å²) in [5.74, 6) is 0. The Hall–Kier alpha value is -6.90. The van der Waals surface area contributed by atoms with Crippen molar-refractivity contribution in [1.82, 2.24) is 0 Å². The van der Waals surface area contributed by atoms with Crippen LogP contribution in [0.1, 0.15) is 23.3 Å². The number of hydrogen-bond acceptors (Lipinski definition) is 2. The van der Waals surface area contributed by atoms with E-state index in [0.717, 1.165) is 38.3 Å². The molecule has 0 spiro atoms. The molecule has 2 heteroatoms. The molecular weight excluding hydrogens is 633 g/mol. The number of fused-ring (bicyclic) bond motifs is 9. The van der Waals surface area contributed by atoms with Crippen LogP contribution < -0.4 is 0 Å². The predicted molar refractivity (Wildman–Crippen MR) is 218 cm³/mol. The van der Waals surface area contributed by atoms with Gasteiger partial charge in [-0.05, 0) is 96.4 Å². The molecular formula is C50H30O2. The lowest BCUT2D eigenvalue weighted by Gasteiger charge is -2.18. The standard InChI is InChI=1S/C50H30O2/c1-2-10-31(11-3-1)32-18-22-34(23-19-32)47-37-12-4-6-14-39(37)48(40-15-7-5-13-38(40)47)35-24-20-33(21-25-35)36-26-27-42-46(30-36)52-45-29-28-44-49(50(42)45)41-16-8-9-17-43(41)51-44/h1-30H/i1D,2D,3D,4D,5D,6D,7D,10D,11D,12D,13D,14D,15D,18D,19D,22D,23D. The van der Waals surface area contributed by atoms with Gasteiger partial charge in [0, 0.05) is 21.5 Å². The minimum absolute atomic E-state index is 0.00982. The average Bonchev–Trinajstić information content (AvgIpc) is 3.92. The van der Waals surface area contributed by atoms with Crippen molar-refractivity contribution in [3.63, 3.8) is 0 Å². The Labute approximate surface area is 323 Å². The molecule has 2 nitrogen and oxygen atoms in total. The predicted octanol–water partition coefficient (Wildman–Crippen LogP) is 14.5. The SMILES string of the molecule is [2H]c1c([2H])c([2H])c(-c2c([2H])c([2H])c(-c3c4c([2H])c([2H])c([2H])c([2H])c4c(-c4ccc(-c5ccc6c(c5)oc5ccc7oc8ccccc8c7c56)cc4)c4c([2H])c([2H])c([2H])c([2H])c34)c([2H])c2[2H])c([2H])c1[2H]. The van der Waals surface area contributed by atoms with Gasteiger partial charge in [-0.3, -0.25) is 0 Å². The zero-order chi connectivity index (χ0) is 49.0. The van der Waals surface area contributed by atoms with Crippen LogP contribution in [0.25, 0.3) is 110 Å². The zero-order valence-corrected chi connectivity index (χ0v) is 26.8. The van der Waals surface area contributed by atoms with Gasteiger partial charge in [-0.15, -0.1) is 0 Å². The monoisotopic (exact) mass is 679 g/mol. The third-order valence-electron chi connectivity index (χ3n) is 9.48. The minimum Gasteiger partial charge on any atom is -0.456 e. The largest absolute Gasteiger partial charge is 0.456 e. The van der Waals surface area contributed by atoms with Gasteiger partial charge in [-0.2, -0.15) is 0 Å². The van der Waals surface area contributed by atoms with Gasteiger partial charge < -0.3 is 8.83 Å². The second-order valence-corrected chi connectivity index (χ2v) is 12.3. The molecule has 0 saturated heterocycles. The molecule has 11 rings (SSSR count). The highest BCUT2D eigenvalue weighted by molar-refractivity contribution is 6.26. The Bertz CT molecular complexity index is 4020. The van der Waals surface area contributed by atoms with E-state index in [1.165, 1.54) is 0 Å². The third kappa shape index (κ3) is 4.38. The Balaban J connectivity index is 1.17. The first kappa shape index (κ1) is 16.9. The van der Waals surface area contributed by atoms with Crippen molar-refractivity contribution in [2.75, 3.05) is 0 Å². The van der Waals surface area contributed by atoms with Gasteiger partial charge in [0.1, 0.15) is 22.3 Å². The Kier molecular flexibility index (Phi) is 3.67. The van der Waals surface area contributed by atoms with Crippen molar-refractivity contribution in [3.8, 4) is 44.5 Å². The summed E-state index contributed by atoms with van der Waals surface area (Å²) in [5, 5.41) is 2.49. The van der Waals surface area contributed by atoms with E-state index in [9.17, 15) is 8.22 Å². The van der Waals surface area contributed by atoms with Gasteiger partial charge in [-0.25, -0.2) is 0 Å². The van der Waals surface area contributed by atoms with E-state index < -0.39 is 125 Å². The average molecular weight is 680 g/mol. The quantitative estimate of drug-likeness (QED) is 0.173. The summed E-state index contributed by atoms with van der Waals surface area (Å²) < 4.78 is 164. The second-order valence-electron chi connectivity index (χ2n) is 12.3.